The molecular formula is C93H56N2. The Labute approximate surface area is 551 Å². The fourth-order valence-electron chi connectivity index (χ4n) is 19.6. The number of hydrogen-bond donors (Lipinski definition) is 0. The largest absolute Gasteiger partial charge is 0.309 e. The van der Waals surface area contributed by atoms with Crippen molar-refractivity contribution in [3.05, 3.63) is 406 Å². The summed E-state index contributed by atoms with van der Waals surface area (Å²) in [4.78, 5) is 5.24. The highest BCUT2D eigenvalue weighted by molar-refractivity contribution is 6.23. The van der Waals surface area contributed by atoms with Crippen molar-refractivity contribution in [3.8, 4) is 55.6 Å². The lowest BCUT2D eigenvalue weighted by atomic mass is 9.64. The minimum absolute atomic E-state index is 0.567. The summed E-state index contributed by atoms with van der Waals surface area (Å²) in [5.74, 6) is 0. The molecule has 6 aliphatic rings. The summed E-state index contributed by atoms with van der Waals surface area (Å²) in [5.41, 5.74) is 33.6. The Kier molecular flexibility index (Phi) is 10.1. The van der Waals surface area contributed by atoms with E-state index in [1.54, 1.807) is 0 Å². The summed E-state index contributed by atoms with van der Waals surface area (Å²) in [5, 5.41) is 7.21. The molecular weight excluding hydrogens is 1150 g/mol. The SMILES string of the molecule is c1ccc2c(c1)-c1ccccc1C21c2ccccc2N(c2cccc3c(-c4cc5ccccc5c5c4C4(c6ccccc6-c6ccccc64)c4ccccc4-5)c4cccc(N5c6ccccc6C6(c7ccccc7-c7ccccc76)c6ccccc65)c4cc23)c2ccccc21. The molecule has 2 aliphatic heterocycles. The van der Waals surface area contributed by atoms with Gasteiger partial charge in [-0.25, -0.2) is 0 Å². The molecule has 0 radical (unpaired) electrons. The standard InChI is InChI=1S/C93H56N2/c1-2-28-58-57(27-1)55-70(90-89(58)67-35-9-16-44-77(67)93(90)75-42-14-7-33-63(75)64-34-8-15-43-76(64)93)88-65-36-25-53-82(94-84-49-21-17-45-78(84)91(79-46-18-22-50-85(79)94)71-38-10-3-29-59(71)60-30-4-11-39-72(60)91)68(65)56-69-66(88)37-26-54-83(69)95-86-51-23-19-47-80(86)92(81-48-20-24-52-87(81)95)73-40-12-5-31-61(73)62-32-6-13-41-74(62)92/h1-56H. The molecule has 2 nitrogen and oxygen atoms in total. The third-order valence-electron chi connectivity index (χ3n) is 22.8. The van der Waals surface area contributed by atoms with Crippen LogP contribution in [0.3, 0.4) is 0 Å². The van der Waals surface area contributed by atoms with E-state index >= 15 is 0 Å². The van der Waals surface area contributed by atoms with Gasteiger partial charge in [0.2, 0.25) is 0 Å². The lowest BCUT2D eigenvalue weighted by Crippen LogP contribution is -2.36. The first-order chi connectivity index (χ1) is 47.2. The van der Waals surface area contributed by atoms with E-state index in [2.05, 4.69) is 350 Å². The summed E-state index contributed by atoms with van der Waals surface area (Å²) < 4.78 is 0. The molecule has 0 bridgehead atoms. The van der Waals surface area contributed by atoms with Crippen molar-refractivity contribution >= 4 is 66.4 Å². The molecule has 16 aromatic carbocycles. The van der Waals surface area contributed by atoms with Crippen LogP contribution in [0.4, 0.5) is 34.1 Å². The summed E-state index contributed by atoms with van der Waals surface area (Å²) in [6.07, 6.45) is 0. The number of rotatable bonds is 3. The second-order valence-electron chi connectivity index (χ2n) is 26.7. The van der Waals surface area contributed by atoms with Gasteiger partial charge in [0.25, 0.3) is 0 Å². The van der Waals surface area contributed by atoms with E-state index in [4.69, 9.17) is 0 Å². The fraction of sp³-hybridized carbons (Fsp3) is 0.0323. The Morgan fingerprint density at radius 1 is 0.168 bits per heavy atom. The van der Waals surface area contributed by atoms with E-state index in [0.29, 0.717) is 0 Å². The third kappa shape index (κ3) is 6.14. The second kappa shape index (κ2) is 18.6. The van der Waals surface area contributed by atoms with Gasteiger partial charge >= 0.3 is 0 Å². The molecule has 4 aliphatic carbocycles. The minimum Gasteiger partial charge on any atom is -0.309 e. The normalized spacial score (nSPS) is 14.9. The van der Waals surface area contributed by atoms with Crippen LogP contribution in [0.15, 0.2) is 340 Å². The average Bonchev–Trinajstić information content (AvgIpc) is 1.55. The lowest BCUT2D eigenvalue weighted by molar-refractivity contribution is 0.753. The van der Waals surface area contributed by atoms with Crippen molar-refractivity contribution in [1.82, 2.24) is 0 Å². The van der Waals surface area contributed by atoms with Gasteiger partial charge < -0.3 is 9.80 Å². The molecule has 2 heterocycles. The molecule has 0 unspecified atom stereocenters. The van der Waals surface area contributed by atoms with Gasteiger partial charge in [-0.15, -0.1) is 0 Å². The van der Waals surface area contributed by atoms with E-state index in [0.717, 1.165) is 11.4 Å². The number of benzene rings is 16. The van der Waals surface area contributed by atoms with Crippen LogP contribution in [-0.2, 0) is 16.2 Å². The van der Waals surface area contributed by atoms with E-state index in [-0.39, 0.29) is 0 Å². The van der Waals surface area contributed by atoms with Gasteiger partial charge in [-0.3, -0.25) is 0 Å². The number of para-hydroxylation sites is 4. The summed E-state index contributed by atoms with van der Waals surface area (Å²) in [6.45, 7) is 0. The van der Waals surface area contributed by atoms with Crippen LogP contribution in [-0.4, -0.2) is 0 Å². The van der Waals surface area contributed by atoms with Crippen LogP contribution in [0.25, 0.3) is 88.0 Å². The molecule has 438 valence electrons. The van der Waals surface area contributed by atoms with Crippen molar-refractivity contribution < 1.29 is 0 Å². The zero-order chi connectivity index (χ0) is 61.9. The second-order valence-corrected chi connectivity index (χ2v) is 26.7. The van der Waals surface area contributed by atoms with Gasteiger partial charge in [0.1, 0.15) is 0 Å². The van der Waals surface area contributed by atoms with Crippen LogP contribution in [0.1, 0.15) is 66.8 Å². The number of anilines is 6. The van der Waals surface area contributed by atoms with Crippen molar-refractivity contribution in [2.24, 2.45) is 0 Å². The maximum absolute atomic E-state index is 2.62. The summed E-state index contributed by atoms with van der Waals surface area (Å²) in [7, 11) is 0. The number of hydrogen-bond acceptors (Lipinski definition) is 2. The van der Waals surface area contributed by atoms with Crippen LogP contribution in [0, 0.1) is 0 Å². The van der Waals surface area contributed by atoms with Crippen molar-refractivity contribution in [1.29, 1.82) is 0 Å². The summed E-state index contributed by atoms with van der Waals surface area (Å²) in [6, 6.07) is 130. The van der Waals surface area contributed by atoms with Gasteiger partial charge in [0.15, 0.2) is 0 Å². The van der Waals surface area contributed by atoms with Gasteiger partial charge in [-0.2, -0.15) is 0 Å². The molecule has 22 rings (SSSR count). The maximum atomic E-state index is 2.62. The molecule has 0 atom stereocenters. The molecule has 0 N–H and O–H groups in total. The highest BCUT2D eigenvalue weighted by Crippen LogP contribution is 2.69. The minimum atomic E-state index is -0.651. The van der Waals surface area contributed by atoms with Crippen molar-refractivity contribution in [2.45, 2.75) is 16.2 Å². The zero-order valence-electron chi connectivity index (χ0n) is 51.7. The number of fused-ring (bicyclic) bond motifs is 32. The van der Waals surface area contributed by atoms with Crippen LogP contribution in [0.2, 0.25) is 0 Å². The van der Waals surface area contributed by atoms with Gasteiger partial charge in [-0.05, 0) is 192 Å². The fourth-order valence-corrected chi connectivity index (χ4v) is 19.6. The van der Waals surface area contributed by atoms with Crippen molar-refractivity contribution in [2.75, 3.05) is 9.80 Å². The van der Waals surface area contributed by atoms with E-state index in [9.17, 15) is 0 Å². The van der Waals surface area contributed by atoms with E-state index < -0.39 is 16.2 Å². The van der Waals surface area contributed by atoms with Crippen LogP contribution >= 0.6 is 0 Å². The molecule has 0 amide bonds. The molecule has 0 saturated carbocycles. The molecule has 16 aromatic rings. The van der Waals surface area contributed by atoms with E-state index in [1.807, 2.05) is 0 Å². The van der Waals surface area contributed by atoms with Crippen LogP contribution < -0.4 is 9.80 Å². The Morgan fingerprint density at radius 2 is 0.442 bits per heavy atom. The van der Waals surface area contributed by atoms with Crippen molar-refractivity contribution in [3.63, 3.8) is 0 Å². The van der Waals surface area contributed by atoms with Crippen LogP contribution in [0.5, 0.6) is 0 Å². The van der Waals surface area contributed by atoms with Gasteiger partial charge in [-0.1, -0.05) is 291 Å². The predicted octanol–water partition coefficient (Wildman–Crippen LogP) is 23.4. The Balaban J connectivity index is 0.896. The molecule has 95 heavy (non-hydrogen) atoms. The highest BCUT2D eigenvalue weighted by atomic mass is 15.2. The van der Waals surface area contributed by atoms with Gasteiger partial charge in [0.05, 0.1) is 50.4 Å². The quantitative estimate of drug-likeness (QED) is 0.163. The average molecular weight is 1200 g/mol. The Hall–Kier alpha value is -12.1. The zero-order valence-corrected chi connectivity index (χ0v) is 51.7. The topological polar surface area (TPSA) is 6.48 Å². The highest BCUT2D eigenvalue weighted by Gasteiger charge is 2.56. The first kappa shape index (κ1) is 51.5. The summed E-state index contributed by atoms with van der Waals surface area (Å²) >= 11 is 0. The molecule has 2 heteroatoms. The Morgan fingerprint density at radius 3 is 0.821 bits per heavy atom. The van der Waals surface area contributed by atoms with E-state index in [1.165, 1.54) is 177 Å². The predicted molar refractivity (Wildman–Crippen MR) is 392 cm³/mol. The lowest BCUT2D eigenvalue weighted by Gasteiger charge is -2.45. The molecule has 0 aromatic heterocycles. The third-order valence-corrected chi connectivity index (χ3v) is 22.8. The molecule has 3 spiro atoms. The monoisotopic (exact) mass is 1200 g/mol. The Bertz CT molecular complexity index is 5610. The number of nitrogens with zero attached hydrogens (tertiary/aromatic N) is 2. The molecule has 0 fully saturated rings. The van der Waals surface area contributed by atoms with Gasteiger partial charge in [0, 0.05) is 10.8 Å². The molecule has 0 saturated heterocycles. The first-order valence-corrected chi connectivity index (χ1v) is 33.4. The first-order valence-electron chi connectivity index (χ1n) is 33.4. The maximum Gasteiger partial charge on any atom is 0.0754 e. The smallest absolute Gasteiger partial charge is 0.0754 e.